The van der Waals surface area contributed by atoms with E-state index in [1.165, 1.54) is 76.0 Å². The lowest BCUT2D eigenvalue weighted by atomic mass is 9.98. The summed E-state index contributed by atoms with van der Waals surface area (Å²) in [5.41, 5.74) is 13.9. The first-order chi connectivity index (χ1) is 28.5. The number of furan rings is 1. The van der Waals surface area contributed by atoms with E-state index in [0.29, 0.717) is 0 Å². The van der Waals surface area contributed by atoms with Gasteiger partial charge >= 0.3 is 0 Å². The third kappa shape index (κ3) is 4.85. The smallest absolute Gasteiger partial charge is 0.136 e. The number of benzene rings is 9. The number of rotatable bonds is 5. The molecule has 0 amide bonds. The molecule has 2 aromatic heterocycles. The Balaban J connectivity index is 1.04. The van der Waals surface area contributed by atoms with Crippen molar-refractivity contribution in [3.05, 3.63) is 194 Å². The average Bonchev–Trinajstić information content (AvgIpc) is 3.89. The van der Waals surface area contributed by atoms with E-state index in [-0.39, 0.29) is 0 Å². The molecule has 0 aliphatic carbocycles. The molecule has 1 aliphatic rings. The molecule has 0 bridgehead atoms. The van der Waals surface area contributed by atoms with Gasteiger partial charge in [0.2, 0.25) is 0 Å². The molecule has 0 fully saturated rings. The SMILES string of the molecule is C[Si]1(C)c2cc(N(c3ccc(-n4c5ccccc5c5ccccc54)cc3)c3cccc(-c4ccc5ccccc5c4)c3)ccc2-c2c1ccc1oc3ccccc3c21. The predicted molar refractivity (Wildman–Crippen MR) is 248 cm³/mol. The highest BCUT2D eigenvalue weighted by Gasteiger charge is 2.39. The monoisotopic (exact) mass is 758 g/mol. The van der Waals surface area contributed by atoms with Crippen LogP contribution in [-0.2, 0) is 0 Å². The zero-order chi connectivity index (χ0) is 38.5. The average molecular weight is 759 g/mol. The van der Waals surface area contributed by atoms with Crippen LogP contribution in [0.15, 0.2) is 199 Å². The maximum absolute atomic E-state index is 6.40. The summed E-state index contributed by atoms with van der Waals surface area (Å²) < 4.78 is 8.79. The number of nitrogens with zero attached hydrogens (tertiary/aromatic N) is 2. The van der Waals surface area contributed by atoms with Gasteiger partial charge in [-0.05, 0) is 122 Å². The minimum atomic E-state index is -2.10. The normalized spacial score (nSPS) is 13.1. The van der Waals surface area contributed by atoms with Crippen LogP contribution in [0.25, 0.3) is 82.5 Å². The van der Waals surface area contributed by atoms with E-state index in [1.807, 2.05) is 0 Å². The fraction of sp³-hybridized carbons (Fsp3) is 0.0370. The van der Waals surface area contributed by atoms with Crippen LogP contribution < -0.4 is 15.3 Å². The van der Waals surface area contributed by atoms with Crippen LogP contribution in [0.5, 0.6) is 0 Å². The maximum Gasteiger partial charge on any atom is 0.136 e. The third-order valence-corrected chi connectivity index (χ3v) is 16.1. The van der Waals surface area contributed by atoms with Crippen molar-refractivity contribution < 1.29 is 4.42 Å². The number of hydrogen-bond donors (Lipinski definition) is 0. The van der Waals surface area contributed by atoms with Crippen LogP contribution in [0.3, 0.4) is 0 Å². The van der Waals surface area contributed by atoms with Crippen molar-refractivity contribution in [3.63, 3.8) is 0 Å². The zero-order valence-corrected chi connectivity index (χ0v) is 33.3. The van der Waals surface area contributed by atoms with E-state index >= 15 is 0 Å². The van der Waals surface area contributed by atoms with Gasteiger partial charge in [0.1, 0.15) is 19.2 Å². The Bertz CT molecular complexity index is 3390. The largest absolute Gasteiger partial charge is 0.456 e. The summed E-state index contributed by atoms with van der Waals surface area (Å²) in [5, 5.41) is 10.4. The minimum absolute atomic E-state index is 0.942. The molecule has 274 valence electrons. The van der Waals surface area contributed by atoms with Crippen molar-refractivity contribution in [1.82, 2.24) is 4.57 Å². The minimum Gasteiger partial charge on any atom is -0.456 e. The lowest BCUT2D eigenvalue weighted by Crippen LogP contribution is -2.49. The Hall–Kier alpha value is -7.14. The molecule has 0 radical (unpaired) electrons. The fourth-order valence-electron chi connectivity index (χ4n) is 9.76. The van der Waals surface area contributed by atoms with Crippen molar-refractivity contribution in [2.45, 2.75) is 13.1 Å². The highest BCUT2D eigenvalue weighted by Crippen LogP contribution is 2.43. The van der Waals surface area contributed by atoms with Crippen LogP contribution in [0.4, 0.5) is 17.1 Å². The standard InChI is InChI=1S/C54H38N2OSi/c1-58(2)51-31-30-50-53(45-18-7-10-21-49(45)57-50)54(51)46-29-28-42(34-52(46)58)55(41-15-11-14-37(33-41)38-23-22-35-12-3-4-13-36(35)32-38)39-24-26-40(27-25-39)56-47-19-8-5-16-43(47)44-17-6-9-20-48(44)56/h3-34H,1-2H3. The zero-order valence-electron chi connectivity index (χ0n) is 32.3. The highest BCUT2D eigenvalue weighted by molar-refractivity contribution is 7.04. The molecule has 0 N–H and O–H groups in total. The summed E-state index contributed by atoms with van der Waals surface area (Å²) in [6, 6.07) is 71.1. The van der Waals surface area contributed by atoms with Gasteiger partial charge in [0.25, 0.3) is 0 Å². The Morgan fingerprint density at radius 1 is 0.448 bits per heavy atom. The molecule has 11 aromatic rings. The van der Waals surface area contributed by atoms with E-state index in [9.17, 15) is 0 Å². The van der Waals surface area contributed by atoms with Gasteiger partial charge in [0, 0.05) is 44.3 Å². The molecule has 0 saturated heterocycles. The van der Waals surface area contributed by atoms with E-state index < -0.39 is 8.07 Å². The molecule has 9 aromatic carbocycles. The third-order valence-electron chi connectivity index (χ3n) is 12.6. The van der Waals surface area contributed by atoms with Gasteiger partial charge < -0.3 is 13.9 Å². The number of anilines is 3. The van der Waals surface area contributed by atoms with Crippen molar-refractivity contribution >= 4 is 90.0 Å². The van der Waals surface area contributed by atoms with Gasteiger partial charge in [-0.25, -0.2) is 0 Å². The highest BCUT2D eigenvalue weighted by atomic mass is 28.3. The van der Waals surface area contributed by atoms with Gasteiger partial charge in [0.05, 0.1) is 11.0 Å². The van der Waals surface area contributed by atoms with Gasteiger partial charge in [0.15, 0.2) is 0 Å². The van der Waals surface area contributed by atoms with Crippen molar-refractivity contribution in [2.75, 3.05) is 4.90 Å². The number of aromatic nitrogens is 1. The molecule has 12 rings (SSSR count). The fourth-order valence-corrected chi connectivity index (χ4v) is 12.8. The summed E-state index contributed by atoms with van der Waals surface area (Å²) in [4.78, 5) is 2.44. The first-order valence-corrected chi connectivity index (χ1v) is 23.1. The van der Waals surface area contributed by atoms with Crippen molar-refractivity contribution in [2.24, 2.45) is 0 Å². The van der Waals surface area contributed by atoms with E-state index in [2.05, 4.69) is 217 Å². The molecule has 0 spiro atoms. The van der Waals surface area contributed by atoms with Crippen LogP contribution in [0.2, 0.25) is 13.1 Å². The molecule has 1 aliphatic heterocycles. The summed E-state index contributed by atoms with van der Waals surface area (Å²) in [5.74, 6) is 0. The maximum atomic E-state index is 6.40. The molecule has 0 unspecified atom stereocenters. The number of para-hydroxylation sites is 3. The topological polar surface area (TPSA) is 21.3 Å². The molecule has 0 atom stereocenters. The van der Waals surface area contributed by atoms with E-state index in [4.69, 9.17) is 4.42 Å². The molecule has 3 heterocycles. The number of hydrogen-bond acceptors (Lipinski definition) is 2. The van der Waals surface area contributed by atoms with Gasteiger partial charge in [-0.1, -0.05) is 128 Å². The first-order valence-electron chi connectivity index (χ1n) is 20.1. The molecule has 4 heteroatoms. The molecule has 3 nitrogen and oxygen atoms in total. The van der Waals surface area contributed by atoms with E-state index in [1.54, 1.807) is 0 Å². The van der Waals surface area contributed by atoms with E-state index in [0.717, 1.165) is 33.9 Å². The lowest BCUT2D eigenvalue weighted by Gasteiger charge is -2.28. The van der Waals surface area contributed by atoms with Gasteiger partial charge in [-0.2, -0.15) is 0 Å². The van der Waals surface area contributed by atoms with Crippen LogP contribution in [0.1, 0.15) is 0 Å². The van der Waals surface area contributed by atoms with Gasteiger partial charge in [-0.3, -0.25) is 0 Å². The second-order valence-corrected chi connectivity index (χ2v) is 20.5. The molecular weight excluding hydrogens is 721 g/mol. The Kier molecular flexibility index (Phi) is 7.08. The summed E-state index contributed by atoms with van der Waals surface area (Å²) in [7, 11) is -2.10. The summed E-state index contributed by atoms with van der Waals surface area (Å²) in [6.45, 7) is 5.00. The van der Waals surface area contributed by atoms with Crippen LogP contribution in [0, 0.1) is 0 Å². The molecule has 0 saturated carbocycles. The van der Waals surface area contributed by atoms with Crippen LogP contribution in [-0.4, -0.2) is 12.6 Å². The quantitative estimate of drug-likeness (QED) is 0.163. The van der Waals surface area contributed by atoms with Crippen molar-refractivity contribution in [3.8, 4) is 27.9 Å². The lowest BCUT2D eigenvalue weighted by molar-refractivity contribution is 0.669. The second-order valence-electron chi connectivity index (χ2n) is 16.1. The van der Waals surface area contributed by atoms with Crippen molar-refractivity contribution in [1.29, 1.82) is 0 Å². The summed E-state index contributed by atoms with van der Waals surface area (Å²) in [6.07, 6.45) is 0. The number of fused-ring (bicyclic) bond motifs is 11. The van der Waals surface area contributed by atoms with Crippen LogP contribution >= 0.6 is 0 Å². The summed E-state index contributed by atoms with van der Waals surface area (Å²) >= 11 is 0. The second kappa shape index (κ2) is 12.4. The Morgan fingerprint density at radius 3 is 1.90 bits per heavy atom. The van der Waals surface area contributed by atoms with Gasteiger partial charge in [-0.15, -0.1) is 0 Å². The first kappa shape index (κ1) is 33.0. The predicted octanol–water partition coefficient (Wildman–Crippen LogP) is 13.8. The Labute approximate surface area is 337 Å². The molecule has 58 heavy (non-hydrogen) atoms. The Morgan fingerprint density at radius 2 is 1.10 bits per heavy atom. The molecular formula is C54H38N2OSi.